The van der Waals surface area contributed by atoms with Gasteiger partial charge in [0.25, 0.3) is 5.91 Å². The maximum atomic E-state index is 12.5. The molecule has 1 saturated heterocycles. The minimum atomic E-state index is -0.361. The number of carbonyl (C=O) groups is 2. The van der Waals surface area contributed by atoms with E-state index in [9.17, 15) is 9.59 Å². The molecule has 1 atom stereocenters. The Morgan fingerprint density at radius 2 is 2.29 bits per heavy atom. The fourth-order valence-corrected chi connectivity index (χ4v) is 2.44. The number of esters is 1. The third kappa shape index (κ3) is 3.86. The van der Waals surface area contributed by atoms with Crippen LogP contribution in [0.15, 0.2) is 18.2 Å². The Hall–Kier alpha value is -1.79. The van der Waals surface area contributed by atoms with E-state index in [0.717, 1.165) is 0 Å². The van der Waals surface area contributed by atoms with Crippen molar-refractivity contribution in [3.05, 3.63) is 28.8 Å². The first-order valence-corrected chi connectivity index (χ1v) is 6.91. The SMILES string of the molecule is COC(=O)CC1CN(C(=O)c2ccc(N)cc2Cl)CCO1. The zero-order valence-corrected chi connectivity index (χ0v) is 12.4. The van der Waals surface area contributed by atoms with Gasteiger partial charge in [0.05, 0.1) is 36.8 Å². The number of carbonyl (C=O) groups excluding carboxylic acids is 2. The number of nitrogens with two attached hydrogens (primary N) is 1. The van der Waals surface area contributed by atoms with Crippen molar-refractivity contribution in [2.45, 2.75) is 12.5 Å². The number of amides is 1. The van der Waals surface area contributed by atoms with E-state index in [-0.39, 0.29) is 24.4 Å². The van der Waals surface area contributed by atoms with Crippen LogP contribution in [0.5, 0.6) is 0 Å². The van der Waals surface area contributed by atoms with Crippen LogP contribution in [0.1, 0.15) is 16.8 Å². The van der Waals surface area contributed by atoms with Crippen LogP contribution in [0, 0.1) is 0 Å². The van der Waals surface area contributed by atoms with Gasteiger partial charge in [-0.25, -0.2) is 0 Å². The number of nitrogen functional groups attached to an aromatic ring is 1. The molecular formula is C14H17ClN2O4. The van der Waals surface area contributed by atoms with Gasteiger partial charge in [-0.2, -0.15) is 0 Å². The third-order valence-corrected chi connectivity index (χ3v) is 3.58. The second-order valence-corrected chi connectivity index (χ2v) is 5.17. The van der Waals surface area contributed by atoms with Crippen molar-refractivity contribution in [2.24, 2.45) is 0 Å². The monoisotopic (exact) mass is 312 g/mol. The molecule has 2 N–H and O–H groups in total. The summed E-state index contributed by atoms with van der Waals surface area (Å²) in [6, 6.07) is 4.78. The Balaban J connectivity index is 2.06. The highest BCUT2D eigenvalue weighted by Gasteiger charge is 2.27. The molecule has 1 heterocycles. The number of morpholine rings is 1. The molecule has 0 aliphatic carbocycles. The van der Waals surface area contributed by atoms with Gasteiger partial charge in [0.15, 0.2) is 0 Å². The summed E-state index contributed by atoms with van der Waals surface area (Å²) in [6.07, 6.45) is -0.238. The van der Waals surface area contributed by atoms with Gasteiger partial charge in [-0.15, -0.1) is 0 Å². The lowest BCUT2D eigenvalue weighted by molar-refractivity contribution is -0.145. The first-order chi connectivity index (χ1) is 10.0. The van der Waals surface area contributed by atoms with Crippen molar-refractivity contribution in [1.29, 1.82) is 0 Å². The number of nitrogens with zero attached hydrogens (tertiary/aromatic N) is 1. The molecule has 0 bridgehead atoms. The van der Waals surface area contributed by atoms with Gasteiger partial charge in [0, 0.05) is 18.8 Å². The normalized spacial score (nSPS) is 18.4. The molecule has 1 unspecified atom stereocenters. The fraction of sp³-hybridized carbons (Fsp3) is 0.429. The first-order valence-electron chi connectivity index (χ1n) is 6.54. The Labute approximate surface area is 127 Å². The van der Waals surface area contributed by atoms with Gasteiger partial charge in [0.2, 0.25) is 0 Å². The van der Waals surface area contributed by atoms with E-state index in [0.29, 0.717) is 36.0 Å². The van der Waals surface area contributed by atoms with E-state index in [4.69, 9.17) is 22.1 Å². The van der Waals surface area contributed by atoms with Crippen molar-refractivity contribution in [3.63, 3.8) is 0 Å². The van der Waals surface area contributed by atoms with Gasteiger partial charge in [-0.05, 0) is 18.2 Å². The molecule has 7 heteroatoms. The summed E-state index contributed by atoms with van der Waals surface area (Å²) < 4.78 is 10.1. The molecule has 2 rings (SSSR count). The second-order valence-electron chi connectivity index (χ2n) is 4.76. The minimum Gasteiger partial charge on any atom is -0.469 e. The van der Waals surface area contributed by atoms with Gasteiger partial charge < -0.3 is 20.1 Å². The highest BCUT2D eigenvalue weighted by Crippen LogP contribution is 2.22. The molecule has 114 valence electrons. The summed E-state index contributed by atoms with van der Waals surface area (Å²) in [5.41, 5.74) is 6.51. The lowest BCUT2D eigenvalue weighted by atomic mass is 10.1. The molecule has 0 spiro atoms. The van der Waals surface area contributed by atoms with Crippen molar-refractivity contribution in [1.82, 2.24) is 4.90 Å². The van der Waals surface area contributed by atoms with Crippen molar-refractivity contribution in [3.8, 4) is 0 Å². The second kappa shape index (κ2) is 6.78. The van der Waals surface area contributed by atoms with Gasteiger partial charge in [-0.1, -0.05) is 11.6 Å². The standard InChI is InChI=1S/C14H17ClN2O4/c1-20-13(18)7-10-8-17(4-5-21-10)14(19)11-3-2-9(16)6-12(11)15/h2-3,6,10H,4-5,7-8,16H2,1H3. The number of methoxy groups -OCH3 is 1. The Bertz CT molecular complexity index is 550. The number of hydrogen-bond acceptors (Lipinski definition) is 5. The van der Waals surface area contributed by atoms with Crippen LogP contribution in [0.4, 0.5) is 5.69 Å². The van der Waals surface area contributed by atoms with Crippen LogP contribution < -0.4 is 5.73 Å². The fourth-order valence-electron chi connectivity index (χ4n) is 2.17. The molecule has 1 aromatic carbocycles. The predicted molar refractivity (Wildman–Crippen MR) is 78.1 cm³/mol. The molecule has 1 fully saturated rings. The smallest absolute Gasteiger partial charge is 0.308 e. The summed E-state index contributed by atoms with van der Waals surface area (Å²) in [5, 5.41) is 0.316. The molecule has 6 nitrogen and oxygen atoms in total. The van der Waals surface area contributed by atoms with Crippen molar-refractivity contribution >= 4 is 29.2 Å². The quantitative estimate of drug-likeness (QED) is 0.672. The summed E-state index contributed by atoms with van der Waals surface area (Å²) >= 11 is 6.05. The molecular weight excluding hydrogens is 296 g/mol. The molecule has 21 heavy (non-hydrogen) atoms. The summed E-state index contributed by atoms with van der Waals surface area (Å²) in [6.45, 7) is 1.16. The van der Waals surface area contributed by atoms with Crippen molar-refractivity contribution < 1.29 is 19.1 Å². The molecule has 1 aliphatic heterocycles. The average Bonchev–Trinajstić information content (AvgIpc) is 2.47. The number of halogens is 1. The average molecular weight is 313 g/mol. The zero-order chi connectivity index (χ0) is 15.4. The van der Waals surface area contributed by atoms with E-state index in [1.165, 1.54) is 7.11 Å². The van der Waals surface area contributed by atoms with Gasteiger partial charge >= 0.3 is 5.97 Å². The van der Waals surface area contributed by atoms with E-state index >= 15 is 0 Å². The third-order valence-electron chi connectivity index (χ3n) is 3.27. The van der Waals surface area contributed by atoms with Crippen LogP contribution in [0.3, 0.4) is 0 Å². The summed E-state index contributed by atoms with van der Waals surface area (Å²) in [5.74, 6) is -0.557. The van der Waals surface area contributed by atoms with Crippen LogP contribution in [0.25, 0.3) is 0 Å². The van der Waals surface area contributed by atoms with Gasteiger partial charge in [0.1, 0.15) is 0 Å². The van der Waals surface area contributed by atoms with E-state index in [1.807, 2.05) is 0 Å². The number of hydrogen-bond donors (Lipinski definition) is 1. The minimum absolute atomic E-state index is 0.121. The van der Waals surface area contributed by atoms with E-state index in [1.54, 1.807) is 23.1 Å². The maximum Gasteiger partial charge on any atom is 0.308 e. The van der Waals surface area contributed by atoms with Gasteiger partial charge in [-0.3, -0.25) is 9.59 Å². The highest BCUT2D eigenvalue weighted by molar-refractivity contribution is 6.34. The largest absolute Gasteiger partial charge is 0.469 e. The summed E-state index contributed by atoms with van der Waals surface area (Å²) in [7, 11) is 1.32. The number of anilines is 1. The van der Waals surface area contributed by atoms with Crippen LogP contribution in [-0.2, 0) is 14.3 Å². The molecule has 0 saturated carbocycles. The lowest BCUT2D eigenvalue weighted by Gasteiger charge is -2.32. The van der Waals surface area contributed by atoms with Crippen LogP contribution in [-0.4, -0.2) is 49.7 Å². The molecule has 1 aliphatic rings. The number of benzene rings is 1. The number of ether oxygens (including phenoxy) is 2. The maximum absolute atomic E-state index is 12.5. The van der Waals surface area contributed by atoms with E-state index in [2.05, 4.69) is 4.74 Å². The Kier molecular flexibility index (Phi) is 5.03. The van der Waals surface area contributed by atoms with E-state index < -0.39 is 0 Å². The highest BCUT2D eigenvalue weighted by atomic mass is 35.5. The predicted octanol–water partition coefficient (Wildman–Crippen LogP) is 1.33. The molecule has 0 radical (unpaired) electrons. The zero-order valence-electron chi connectivity index (χ0n) is 11.7. The molecule has 0 aromatic heterocycles. The van der Waals surface area contributed by atoms with Crippen molar-refractivity contribution in [2.75, 3.05) is 32.5 Å². The topological polar surface area (TPSA) is 81.9 Å². The van der Waals surface area contributed by atoms with Crippen LogP contribution in [0.2, 0.25) is 5.02 Å². The first kappa shape index (κ1) is 15.6. The summed E-state index contributed by atoms with van der Waals surface area (Å²) in [4.78, 5) is 25.4. The Morgan fingerprint density at radius 1 is 1.52 bits per heavy atom. The van der Waals surface area contributed by atoms with Crippen LogP contribution >= 0.6 is 11.6 Å². The lowest BCUT2D eigenvalue weighted by Crippen LogP contribution is -2.46. The number of rotatable bonds is 3. The Morgan fingerprint density at radius 3 is 2.95 bits per heavy atom. The molecule has 1 amide bonds. The molecule has 1 aromatic rings.